The predicted molar refractivity (Wildman–Crippen MR) is 118 cm³/mol. The topological polar surface area (TPSA) is 125 Å². The van der Waals surface area contributed by atoms with E-state index in [1.165, 1.54) is 22.7 Å². The van der Waals surface area contributed by atoms with Gasteiger partial charge in [-0.3, -0.25) is 14.5 Å². The molecular formula is C22H25N3O6S. The maximum absolute atomic E-state index is 13.2. The van der Waals surface area contributed by atoms with Gasteiger partial charge in [0, 0.05) is 17.5 Å². The number of hydrogen-bond donors (Lipinski definition) is 3. The molecule has 2 heterocycles. The molecule has 3 atom stereocenters. The van der Waals surface area contributed by atoms with Crippen molar-refractivity contribution in [3.63, 3.8) is 0 Å². The number of aliphatic carboxylic acids is 1. The summed E-state index contributed by atoms with van der Waals surface area (Å²) < 4.78 is 4.90. The fourth-order valence-corrected chi connectivity index (χ4v) is 4.88. The van der Waals surface area contributed by atoms with Crippen molar-refractivity contribution in [1.29, 1.82) is 0 Å². The molecule has 2 amide bonds. The van der Waals surface area contributed by atoms with Crippen LogP contribution in [0.2, 0.25) is 0 Å². The minimum Gasteiger partial charge on any atom is -0.477 e. The highest BCUT2D eigenvalue weighted by Crippen LogP contribution is 2.40. The average Bonchev–Trinajstić information content (AvgIpc) is 2.75. The van der Waals surface area contributed by atoms with Gasteiger partial charge in [0.15, 0.2) is 0 Å². The highest BCUT2D eigenvalue weighted by molar-refractivity contribution is 8.00. The third-order valence-corrected chi connectivity index (χ3v) is 6.47. The number of rotatable bonds is 8. The fraction of sp³-hybridized carbons (Fsp3) is 0.364. The molecule has 0 radical (unpaired) electrons. The van der Waals surface area contributed by atoms with Crippen LogP contribution >= 0.6 is 11.8 Å². The van der Waals surface area contributed by atoms with Gasteiger partial charge in [0.1, 0.15) is 23.2 Å². The quantitative estimate of drug-likeness (QED) is 0.304. The van der Waals surface area contributed by atoms with E-state index in [0.29, 0.717) is 22.6 Å². The number of benzene rings is 1. The van der Waals surface area contributed by atoms with Crippen LogP contribution in [-0.2, 0) is 23.9 Å². The number of carboxylic acids is 1. The van der Waals surface area contributed by atoms with E-state index in [1.807, 2.05) is 6.07 Å². The Morgan fingerprint density at radius 3 is 2.62 bits per heavy atom. The minimum absolute atomic E-state index is 0.0183. The van der Waals surface area contributed by atoms with Gasteiger partial charge in [-0.2, -0.15) is 0 Å². The first-order chi connectivity index (χ1) is 15.2. The predicted octanol–water partition coefficient (Wildman–Crippen LogP) is 1.54. The first-order valence-electron chi connectivity index (χ1n) is 10.1. The highest BCUT2D eigenvalue weighted by atomic mass is 32.2. The molecular weight excluding hydrogens is 434 g/mol. The third kappa shape index (κ3) is 4.80. The van der Waals surface area contributed by atoms with Gasteiger partial charge in [-0.25, -0.2) is 9.59 Å². The Hall–Kier alpha value is -3.27. The van der Waals surface area contributed by atoms with E-state index in [2.05, 4.69) is 10.6 Å². The Balaban J connectivity index is 1.77. The van der Waals surface area contributed by atoms with E-state index >= 15 is 0 Å². The SMILES string of the molecule is CCOC(=O)/C=C(\C)N[C@@H](C(=O)N[C@@H]1C(=O)N2C(C(=O)O)=C(C)CS[C@H]12)c1ccccc1. The molecule has 1 aromatic rings. The van der Waals surface area contributed by atoms with Crippen LogP contribution in [0.5, 0.6) is 0 Å². The Kier molecular flexibility index (Phi) is 7.24. The maximum atomic E-state index is 13.2. The molecule has 0 aliphatic carbocycles. The fourth-order valence-electron chi connectivity index (χ4n) is 3.59. The zero-order chi connectivity index (χ0) is 23.4. The summed E-state index contributed by atoms with van der Waals surface area (Å²) >= 11 is 1.41. The Labute approximate surface area is 189 Å². The van der Waals surface area contributed by atoms with Crippen LogP contribution in [0.4, 0.5) is 0 Å². The molecule has 0 bridgehead atoms. The molecule has 2 aliphatic heterocycles. The van der Waals surface area contributed by atoms with Crippen LogP contribution < -0.4 is 10.6 Å². The molecule has 1 fully saturated rings. The number of carbonyl (C=O) groups is 4. The molecule has 9 nitrogen and oxygen atoms in total. The van der Waals surface area contributed by atoms with Crippen LogP contribution in [0.25, 0.3) is 0 Å². The maximum Gasteiger partial charge on any atom is 0.352 e. The van der Waals surface area contributed by atoms with Crippen LogP contribution in [0.15, 0.2) is 53.4 Å². The Morgan fingerprint density at radius 2 is 2.00 bits per heavy atom. The number of amides is 2. The zero-order valence-electron chi connectivity index (χ0n) is 18.0. The number of thioether (sulfide) groups is 1. The van der Waals surface area contributed by atoms with Crippen molar-refractivity contribution in [2.24, 2.45) is 0 Å². The summed E-state index contributed by atoms with van der Waals surface area (Å²) in [5.41, 5.74) is 1.66. The van der Waals surface area contributed by atoms with E-state index in [4.69, 9.17) is 4.74 Å². The van der Waals surface area contributed by atoms with Crippen LogP contribution in [-0.4, -0.2) is 57.5 Å². The largest absolute Gasteiger partial charge is 0.477 e. The van der Waals surface area contributed by atoms with Gasteiger partial charge in [0.05, 0.1) is 6.61 Å². The number of nitrogens with one attached hydrogen (secondary N) is 2. The summed E-state index contributed by atoms with van der Waals surface area (Å²) in [6.45, 7) is 5.25. The second-order valence-electron chi connectivity index (χ2n) is 7.40. The van der Waals surface area contributed by atoms with Crippen molar-refractivity contribution in [2.45, 2.75) is 38.2 Å². The molecule has 0 unspecified atom stereocenters. The first-order valence-corrected chi connectivity index (χ1v) is 11.1. The lowest BCUT2D eigenvalue weighted by Crippen LogP contribution is -2.71. The number of nitrogens with zero attached hydrogens (tertiary/aromatic N) is 1. The number of allylic oxidation sites excluding steroid dienone is 1. The van der Waals surface area contributed by atoms with Crippen LogP contribution in [0, 0.1) is 0 Å². The number of carbonyl (C=O) groups excluding carboxylic acids is 3. The molecule has 0 aromatic heterocycles. The molecule has 10 heteroatoms. The lowest BCUT2D eigenvalue weighted by atomic mass is 10.0. The third-order valence-electron chi connectivity index (χ3n) is 5.05. The van der Waals surface area contributed by atoms with Gasteiger partial charge in [-0.15, -0.1) is 11.8 Å². The second-order valence-corrected chi connectivity index (χ2v) is 8.50. The van der Waals surface area contributed by atoms with Gasteiger partial charge in [-0.1, -0.05) is 30.3 Å². The van der Waals surface area contributed by atoms with Gasteiger partial charge in [-0.05, 0) is 31.9 Å². The van der Waals surface area contributed by atoms with Crippen LogP contribution in [0.1, 0.15) is 32.4 Å². The summed E-state index contributed by atoms with van der Waals surface area (Å²) in [7, 11) is 0. The normalized spacial score (nSPS) is 21.3. The van der Waals surface area contributed by atoms with E-state index in [-0.39, 0.29) is 12.3 Å². The first kappa shape index (κ1) is 23.4. The van der Waals surface area contributed by atoms with Crippen molar-refractivity contribution >= 4 is 35.5 Å². The van der Waals surface area contributed by atoms with Gasteiger partial charge in [0.25, 0.3) is 5.91 Å². The number of carboxylic acid groups (broad SMARTS) is 1. The number of fused-ring (bicyclic) bond motifs is 1. The minimum atomic E-state index is -1.16. The standard InChI is InChI=1S/C22H25N3O6S/c1-4-31-15(26)10-13(3)23-16(14-8-6-5-7-9-14)19(27)24-17-20(28)25-18(22(29)30)12(2)11-32-21(17)25/h5-10,16-17,21,23H,4,11H2,1-3H3,(H,24,27)(H,29,30)/b13-10+/t16-,17-,21-/m1/s1. The average molecular weight is 460 g/mol. The highest BCUT2D eigenvalue weighted by Gasteiger charge is 2.54. The summed E-state index contributed by atoms with van der Waals surface area (Å²) in [4.78, 5) is 50.4. The summed E-state index contributed by atoms with van der Waals surface area (Å²) in [6.07, 6.45) is 1.26. The van der Waals surface area contributed by atoms with Crippen molar-refractivity contribution in [1.82, 2.24) is 15.5 Å². The molecule has 0 saturated carbocycles. The zero-order valence-corrected chi connectivity index (χ0v) is 18.8. The molecule has 3 rings (SSSR count). The number of esters is 1. The smallest absolute Gasteiger partial charge is 0.352 e. The lowest BCUT2D eigenvalue weighted by molar-refractivity contribution is -0.151. The van der Waals surface area contributed by atoms with E-state index in [0.717, 1.165) is 0 Å². The van der Waals surface area contributed by atoms with Crippen molar-refractivity contribution in [3.8, 4) is 0 Å². The van der Waals surface area contributed by atoms with Gasteiger partial charge in [0.2, 0.25) is 5.91 Å². The molecule has 3 N–H and O–H groups in total. The molecule has 1 saturated heterocycles. The summed E-state index contributed by atoms with van der Waals surface area (Å²) in [5, 5.41) is 14.7. The van der Waals surface area contributed by atoms with Crippen molar-refractivity contribution in [2.75, 3.05) is 12.4 Å². The number of ether oxygens (including phenoxy) is 1. The van der Waals surface area contributed by atoms with Gasteiger partial charge < -0.3 is 20.5 Å². The summed E-state index contributed by atoms with van der Waals surface area (Å²) in [5.74, 6) is -2.15. The second kappa shape index (κ2) is 9.90. The number of β-lactam (4-membered cyclic amide) rings is 1. The molecule has 0 spiro atoms. The van der Waals surface area contributed by atoms with Crippen molar-refractivity contribution < 1.29 is 29.0 Å². The summed E-state index contributed by atoms with van der Waals surface area (Å²) in [6, 6.07) is 7.18. The molecule has 2 aliphatic rings. The van der Waals surface area contributed by atoms with Gasteiger partial charge >= 0.3 is 11.9 Å². The lowest BCUT2D eigenvalue weighted by Gasteiger charge is -2.49. The molecule has 1 aromatic carbocycles. The molecule has 32 heavy (non-hydrogen) atoms. The van der Waals surface area contributed by atoms with Crippen molar-refractivity contribution in [3.05, 3.63) is 58.9 Å². The molecule has 170 valence electrons. The van der Waals surface area contributed by atoms with E-state index < -0.39 is 41.2 Å². The van der Waals surface area contributed by atoms with E-state index in [1.54, 1.807) is 45.0 Å². The van der Waals surface area contributed by atoms with E-state index in [9.17, 15) is 24.3 Å². The number of hydrogen-bond acceptors (Lipinski definition) is 7. The van der Waals surface area contributed by atoms with Crippen LogP contribution in [0.3, 0.4) is 0 Å². The Morgan fingerprint density at radius 1 is 1.31 bits per heavy atom. The monoisotopic (exact) mass is 459 g/mol. The Bertz CT molecular complexity index is 991.